The van der Waals surface area contributed by atoms with Gasteiger partial charge in [0.15, 0.2) is 0 Å². The smallest absolute Gasteiger partial charge is 0.251 e. The summed E-state index contributed by atoms with van der Waals surface area (Å²) >= 11 is 0. The van der Waals surface area contributed by atoms with Crippen LogP contribution in [0.1, 0.15) is 36.7 Å². The first kappa shape index (κ1) is 21.4. The average Bonchev–Trinajstić information content (AvgIpc) is 2.51. The van der Waals surface area contributed by atoms with Crippen LogP contribution < -0.4 is 11.1 Å². The SMILES string of the molecule is CC(CN)CNC(=O)c1ccc(CN(C)C(=O)C(C)C)cc1.Cl. The van der Waals surface area contributed by atoms with Crippen molar-refractivity contribution in [3.05, 3.63) is 35.4 Å². The molecular formula is C17H28ClN3O2. The van der Waals surface area contributed by atoms with Gasteiger partial charge in [-0.15, -0.1) is 12.4 Å². The molecule has 0 aliphatic heterocycles. The molecule has 1 rings (SSSR count). The van der Waals surface area contributed by atoms with Crippen molar-refractivity contribution in [1.82, 2.24) is 10.2 Å². The molecule has 0 bridgehead atoms. The van der Waals surface area contributed by atoms with Gasteiger partial charge < -0.3 is 16.0 Å². The molecule has 0 aliphatic rings. The molecule has 130 valence electrons. The Morgan fingerprint density at radius 2 is 1.74 bits per heavy atom. The van der Waals surface area contributed by atoms with Crippen LogP contribution in [0.4, 0.5) is 0 Å². The van der Waals surface area contributed by atoms with Crippen LogP contribution in [-0.2, 0) is 11.3 Å². The molecule has 1 unspecified atom stereocenters. The first-order valence-electron chi connectivity index (χ1n) is 7.67. The Morgan fingerprint density at radius 1 is 1.17 bits per heavy atom. The number of hydrogen-bond donors (Lipinski definition) is 2. The van der Waals surface area contributed by atoms with E-state index >= 15 is 0 Å². The Bertz CT molecular complexity index is 503. The molecule has 3 N–H and O–H groups in total. The van der Waals surface area contributed by atoms with Crippen molar-refractivity contribution in [3.8, 4) is 0 Å². The number of carbonyl (C=O) groups is 2. The van der Waals surface area contributed by atoms with Gasteiger partial charge in [-0.3, -0.25) is 9.59 Å². The quantitative estimate of drug-likeness (QED) is 0.797. The van der Waals surface area contributed by atoms with Gasteiger partial charge in [0, 0.05) is 31.6 Å². The minimum Gasteiger partial charge on any atom is -0.352 e. The number of hydrogen-bond acceptors (Lipinski definition) is 3. The molecule has 0 aliphatic carbocycles. The zero-order chi connectivity index (χ0) is 16.7. The first-order valence-corrected chi connectivity index (χ1v) is 7.67. The number of nitrogens with zero attached hydrogens (tertiary/aromatic N) is 1. The summed E-state index contributed by atoms with van der Waals surface area (Å²) in [5.74, 6) is 0.259. The molecule has 1 aromatic rings. The number of benzene rings is 1. The van der Waals surface area contributed by atoms with Crippen molar-refractivity contribution >= 4 is 24.2 Å². The summed E-state index contributed by atoms with van der Waals surface area (Å²) in [7, 11) is 1.79. The second kappa shape index (κ2) is 10.2. The number of nitrogens with two attached hydrogens (primary N) is 1. The Morgan fingerprint density at radius 3 is 2.22 bits per heavy atom. The second-order valence-electron chi connectivity index (χ2n) is 6.10. The summed E-state index contributed by atoms with van der Waals surface area (Å²) < 4.78 is 0. The van der Waals surface area contributed by atoms with Gasteiger partial charge in [-0.05, 0) is 30.2 Å². The average molecular weight is 342 g/mol. The number of halogens is 1. The fourth-order valence-corrected chi connectivity index (χ4v) is 2.01. The zero-order valence-corrected chi connectivity index (χ0v) is 15.2. The van der Waals surface area contributed by atoms with Gasteiger partial charge in [0.1, 0.15) is 0 Å². The predicted octanol–water partition coefficient (Wildman–Crippen LogP) is 2.05. The second-order valence-corrected chi connectivity index (χ2v) is 6.10. The molecular weight excluding hydrogens is 314 g/mol. The minimum absolute atomic E-state index is 0. The van der Waals surface area contributed by atoms with E-state index in [0.717, 1.165) is 5.56 Å². The van der Waals surface area contributed by atoms with Crippen molar-refractivity contribution in [2.45, 2.75) is 27.3 Å². The third-order valence-corrected chi connectivity index (χ3v) is 3.52. The molecule has 1 aromatic carbocycles. The van der Waals surface area contributed by atoms with E-state index in [9.17, 15) is 9.59 Å². The van der Waals surface area contributed by atoms with E-state index in [1.165, 1.54) is 0 Å². The van der Waals surface area contributed by atoms with Crippen LogP contribution in [0.25, 0.3) is 0 Å². The van der Waals surface area contributed by atoms with Crippen LogP contribution >= 0.6 is 12.4 Å². The van der Waals surface area contributed by atoms with E-state index in [1.807, 2.05) is 32.9 Å². The molecule has 0 radical (unpaired) electrons. The Hall–Kier alpha value is -1.59. The van der Waals surface area contributed by atoms with Crippen molar-refractivity contribution in [2.75, 3.05) is 20.1 Å². The van der Waals surface area contributed by atoms with E-state index in [4.69, 9.17) is 5.73 Å². The van der Waals surface area contributed by atoms with Crippen molar-refractivity contribution in [2.24, 2.45) is 17.6 Å². The maximum absolute atomic E-state index is 12.0. The molecule has 5 nitrogen and oxygen atoms in total. The van der Waals surface area contributed by atoms with Gasteiger partial charge in [0.2, 0.25) is 5.91 Å². The lowest BCUT2D eigenvalue weighted by atomic mass is 10.1. The van der Waals surface area contributed by atoms with E-state index in [0.29, 0.717) is 25.2 Å². The maximum atomic E-state index is 12.0. The molecule has 0 fully saturated rings. The van der Waals surface area contributed by atoms with E-state index < -0.39 is 0 Å². The highest BCUT2D eigenvalue weighted by molar-refractivity contribution is 5.94. The lowest BCUT2D eigenvalue weighted by Gasteiger charge is -2.19. The van der Waals surface area contributed by atoms with Gasteiger partial charge in [-0.25, -0.2) is 0 Å². The summed E-state index contributed by atoms with van der Waals surface area (Å²) in [5.41, 5.74) is 7.14. The highest BCUT2D eigenvalue weighted by Gasteiger charge is 2.13. The predicted molar refractivity (Wildman–Crippen MR) is 95.6 cm³/mol. The van der Waals surface area contributed by atoms with Crippen molar-refractivity contribution in [1.29, 1.82) is 0 Å². The summed E-state index contributed by atoms with van der Waals surface area (Å²) in [4.78, 5) is 25.5. The fraction of sp³-hybridized carbons (Fsp3) is 0.529. The number of rotatable bonds is 7. The summed E-state index contributed by atoms with van der Waals surface area (Å²) in [6.45, 7) is 7.43. The summed E-state index contributed by atoms with van der Waals surface area (Å²) in [5, 5.41) is 2.86. The lowest BCUT2D eigenvalue weighted by molar-refractivity contribution is -0.133. The first-order chi connectivity index (χ1) is 10.3. The van der Waals surface area contributed by atoms with E-state index in [-0.39, 0.29) is 36.1 Å². The standard InChI is InChI=1S/C17H27N3O2.ClH/c1-12(2)17(22)20(4)11-14-5-7-15(8-6-14)16(21)19-10-13(3)9-18;/h5-8,12-13H,9-11,18H2,1-4H3,(H,19,21);1H. The molecule has 6 heteroatoms. The van der Waals surface area contributed by atoms with Gasteiger partial charge in [0.25, 0.3) is 5.91 Å². The van der Waals surface area contributed by atoms with Crippen LogP contribution in [0.2, 0.25) is 0 Å². The van der Waals surface area contributed by atoms with E-state index in [1.54, 1.807) is 24.1 Å². The number of nitrogens with one attached hydrogen (secondary N) is 1. The fourth-order valence-electron chi connectivity index (χ4n) is 2.01. The van der Waals surface area contributed by atoms with E-state index in [2.05, 4.69) is 5.32 Å². The molecule has 0 saturated heterocycles. The minimum atomic E-state index is -0.0986. The number of amides is 2. The maximum Gasteiger partial charge on any atom is 0.251 e. The lowest BCUT2D eigenvalue weighted by Crippen LogP contribution is -2.31. The monoisotopic (exact) mass is 341 g/mol. The normalized spacial score (nSPS) is 11.6. The third-order valence-electron chi connectivity index (χ3n) is 3.52. The van der Waals surface area contributed by atoms with Crippen LogP contribution in [0.5, 0.6) is 0 Å². The molecule has 0 heterocycles. The molecule has 1 atom stereocenters. The largest absolute Gasteiger partial charge is 0.352 e. The van der Waals surface area contributed by atoms with Gasteiger partial charge in [-0.2, -0.15) is 0 Å². The zero-order valence-electron chi connectivity index (χ0n) is 14.3. The highest BCUT2D eigenvalue weighted by atomic mass is 35.5. The van der Waals surface area contributed by atoms with Gasteiger partial charge in [0.05, 0.1) is 0 Å². The van der Waals surface area contributed by atoms with Crippen LogP contribution in [0, 0.1) is 11.8 Å². The molecule has 0 aromatic heterocycles. The Labute approximate surface area is 145 Å². The number of carbonyl (C=O) groups excluding carboxylic acids is 2. The topological polar surface area (TPSA) is 75.4 Å². The third kappa shape index (κ3) is 7.01. The molecule has 23 heavy (non-hydrogen) atoms. The molecule has 2 amide bonds. The highest BCUT2D eigenvalue weighted by Crippen LogP contribution is 2.09. The van der Waals surface area contributed by atoms with Gasteiger partial charge >= 0.3 is 0 Å². The summed E-state index contributed by atoms with van der Waals surface area (Å²) in [6, 6.07) is 7.33. The van der Waals surface area contributed by atoms with Crippen molar-refractivity contribution < 1.29 is 9.59 Å². The Balaban J connectivity index is 0.00000484. The Kier molecular flexibility index (Phi) is 9.53. The van der Waals surface area contributed by atoms with Crippen LogP contribution in [-0.4, -0.2) is 36.9 Å². The molecule has 0 spiro atoms. The van der Waals surface area contributed by atoms with Gasteiger partial charge in [-0.1, -0.05) is 32.9 Å². The van der Waals surface area contributed by atoms with Crippen LogP contribution in [0.3, 0.4) is 0 Å². The van der Waals surface area contributed by atoms with Crippen molar-refractivity contribution in [3.63, 3.8) is 0 Å². The molecule has 0 saturated carbocycles. The van der Waals surface area contributed by atoms with Crippen LogP contribution in [0.15, 0.2) is 24.3 Å². The summed E-state index contributed by atoms with van der Waals surface area (Å²) in [6.07, 6.45) is 0.